The van der Waals surface area contributed by atoms with Crippen LogP contribution in [0.4, 0.5) is 0 Å². The maximum atomic E-state index is 6.62. The van der Waals surface area contributed by atoms with Gasteiger partial charge in [0.25, 0.3) is 0 Å². The predicted octanol–water partition coefficient (Wildman–Crippen LogP) is 15.5. The summed E-state index contributed by atoms with van der Waals surface area (Å²) in [7, 11) is 0. The Kier molecular flexibility index (Phi) is 6.46. The first-order valence-corrected chi connectivity index (χ1v) is 19.6. The molecule has 0 unspecified atom stereocenters. The van der Waals surface area contributed by atoms with Crippen LogP contribution in [-0.4, -0.2) is 0 Å². The van der Waals surface area contributed by atoms with Crippen LogP contribution in [0.5, 0.6) is 0 Å². The van der Waals surface area contributed by atoms with Gasteiger partial charge in [-0.1, -0.05) is 159 Å². The van der Waals surface area contributed by atoms with Gasteiger partial charge in [0.05, 0.1) is 0 Å². The fourth-order valence-corrected chi connectivity index (χ4v) is 9.90. The number of benzene rings is 10. The normalized spacial score (nSPS) is 13.3. The smallest absolute Gasteiger partial charge is 0.136 e. The minimum absolute atomic E-state index is 0.117. The van der Waals surface area contributed by atoms with Crippen molar-refractivity contribution in [3.8, 4) is 44.5 Å². The second-order valence-corrected chi connectivity index (χ2v) is 16.0. The van der Waals surface area contributed by atoms with E-state index in [1.807, 2.05) is 0 Å². The molecule has 0 fully saturated rings. The van der Waals surface area contributed by atoms with Crippen LogP contribution in [0, 0.1) is 0 Å². The molecular weight excluding hydrogens is 677 g/mol. The zero-order valence-corrected chi connectivity index (χ0v) is 31.2. The molecule has 1 aliphatic rings. The van der Waals surface area contributed by atoms with Gasteiger partial charge in [-0.2, -0.15) is 0 Å². The molecule has 1 aliphatic carbocycles. The van der Waals surface area contributed by atoms with E-state index in [2.05, 4.69) is 196 Å². The van der Waals surface area contributed by atoms with E-state index in [4.69, 9.17) is 4.42 Å². The first-order chi connectivity index (χ1) is 27.5. The third-order valence-electron chi connectivity index (χ3n) is 12.6. The lowest BCUT2D eigenvalue weighted by molar-refractivity contribution is 0.658. The molecule has 1 heterocycles. The average molecular weight is 713 g/mol. The molecule has 1 nitrogen and oxygen atoms in total. The first-order valence-electron chi connectivity index (χ1n) is 19.6. The molecule has 0 N–H and O–H groups in total. The molecule has 0 amide bonds. The Hall–Kier alpha value is -6.96. The Bertz CT molecular complexity index is 3390. The largest absolute Gasteiger partial charge is 0.456 e. The van der Waals surface area contributed by atoms with E-state index in [9.17, 15) is 0 Å². The van der Waals surface area contributed by atoms with Gasteiger partial charge in [0.1, 0.15) is 11.2 Å². The lowest BCUT2D eigenvalue weighted by Gasteiger charge is -2.21. The van der Waals surface area contributed by atoms with Crippen LogP contribution >= 0.6 is 0 Å². The van der Waals surface area contributed by atoms with Crippen LogP contribution in [0.2, 0.25) is 0 Å². The molecule has 262 valence electrons. The summed E-state index contributed by atoms with van der Waals surface area (Å²) >= 11 is 0. The van der Waals surface area contributed by atoms with Crippen LogP contribution in [0.3, 0.4) is 0 Å². The summed E-state index contributed by atoms with van der Waals surface area (Å²) < 4.78 is 6.62. The fraction of sp³-hybridized carbons (Fsp3) is 0.0545. The van der Waals surface area contributed by atoms with Gasteiger partial charge in [0.15, 0.2) is 0 Å². The molecule has 1 aromatic heterocycles. The predicted molar refractivity (Wildman–Crippen MR) is 238 cm³/mol. The summed E-state index contributed by atoms with van der Waals surface area (Å²) in [4.78, 5) is 0. The Morgan fingerprint density at radius 1 is 0.321 bits per heavy atom. The van der Waals surface area contributed by atoms with Gasteiger partial charge in [-0.05, 0) is 135 Å². The van der Waals surface area contributed by atoms with Crippen LogP contribution in [0.1, 0.15) is 25.0 Å². The Morgan fingerprint density at radius 2 is 0.875 bits per heavy atom. The number of rotatable bonds is 3. The average Bonchev–Trinajstić information content (AvgIpc) is 3.72. The van der Waals surface area contributed by atoms with E-state index in [1.165, 1.54) is 104 Å². The summed E-state index contributed by atoms with van der Waals surface area (Å²) in [5.74, 6) is 0. The molecule has 0 aliphatic heterocycles. The third-order valence-corrected chi connectivity index (χ3v) is 12.6. The number of hydrogen-bond acceptors (Lipinski definition) is 1. The lowest BCUT2D eigenvalue weighted by Crippen LogP contribution is -2.14. The quantitative estimate of drug-likeness (QED) is 0.166. The van der Waals surface area contributed by atoms with Crippen molar-refractivity contribution < 1.29 is 4.42 Å². The molecule has 0 atom stereocenters. The van der Waals surface area contributed by atoms with E-state index >= 15 is 0 Å². The Labute approximate surface area is 325 Å². The van der Waals surface area contributed by atoms with Gasteiger partial charge in [-0.15, -0.1) is 0 Å². The topological polar surface area (TPSA) is 13.1 Å². The maximum absolute atomic E-state index is 6.62. The van der Waals surface area contributed by atoms with Crippen molar-refractivity contribution in [1.82, 2.24) is 0 Å². The molecular formula is C55H36O. The van der Waals surface area contributed by atoms with Crippen LogP contribution < -0.4 is 0 Å². The van der Waals surface area contributed by atoms with Gasteiger partial charge >= 0.3 is 0 Å². The molecule has 0 saturated heterocycles. The van der Waals surface area contributed by atoms with Crippen molar-refractivity contribution >= 4 is 65.0 Å². The van der Waals surface area contributed by atoms with Crippen molar-refractivity contribution in [2.24, 2.45) is 0 Å². The summed E-state index contributed by atoms with van der Waals surface area (Å²) in [6.07, 6.45) is 0. The third kappa shape index (κ3) is 4.43. The van der Waals surface area contributed by atoms with Crippen LogP contribution in [0.15, 0.2) is 186 Å². The lowest BCUT2D eigenvalue weighted by atomic mass is 9.81. The highest BCUT2D eigenvalue weighted by molar-refractivity contribution is 6.22. The molecule has 10 aromatic carbocycles. The molecule has 1 heteroatoms. The van der Waals surface area contributed by atoms with Gasteiger partial charge < -0.3 is 4.42 Å². The first kappa shape index (κ1) is 31.4. The molecule has 12 rings (SSSR count). The van der Waals surface area contributed by atoms with E-state index in [-0.39, 0.29) is 5.41 Å². The second kappa shape index (κ2) is 11.5. The Morgan fingerprint density at radius 3 is 1.61 bits per heavy atom. The van der Waals surface area contributed by atoms with Crippen molar-refractivity contribution in [1.29, 1.82) is 0 Å². The molecule has 11 aromatic rings. The highest BCUT2D eigenvalue weighted by Crippen LogP contribution is 2.53. The summed E-state index contributed by atoms with van der Waals surface area (Å²) in [6, 6.07) is 67.2. The van der Waals surface area contributed by atoms with Gasteiger partial charge in [0.2, 0.25) is 0 Å². The van der Waals surface area contributed by atoms with Crippen molar-refractivity contribution in [3.05, 3.63) is 193 Å². The molecule has 56 heavy (non-hydrogen) atoms. The number of hydrogen-bond donors (Lipinski definition) is 0. The zero-order chi connectivity index (χ0) is 37.1. The highest BCUT2D eigenvalue weighted by Gasteiger charge is 2.37. The van der Waals surface area contributed by atoms with E-state index < -0.39 is 0 Å². The minimum Gasteiger partial charge on any atom is -0.456 e. The van der Waals surface area contributed by atoms with Crippen molar-refractivity contribution in [2.45, 2.75) is 19.3 Å². The molecule has 0 spiro atoms. The number of fused-ring (bicyclic) bond motifs is 11. The van der Waals surface area contributed by atoms with Crippen LogP contribution in [0.25, 0.3) is 110 Å². The van der Waals surface area contributed by atoms with E-state index in [0.717, 1.165) is 16.6 Å². The highest BCUT2D eigenvalue weighted by atomic mass is 16.3. The van der Waals surface area contributed by atoms with Crippen molar-refractivity contribution in [3.63, 3.8) is 0 Å². The minimum atomic E-state index is -0.117. The zero-order valence-electron chi connectivity index (χ0n) is 31.2. The summed E-state index contributed by atoms with van der Waals surface area (Å²) in [6.45, 7) is 4.72. The Balaban J connectivity index is 1.02. The maximum Gasteiger partial charge on any atom is 0.136 e. The van der Waals surface area contributed by atoms with Crippen molar-refractivity contribution in [2.75, 3.05) is 0 Å². The van der Waals surface area contributed by atoms with Crippen LogP contribution in [-0.2, 0) is 5.41 Å². The number of furan rings is 1. The van der Waals surface area contributed by atoms with Gasteiger partial charge in [-0.25, -0.2) is 0 Å². The SMILES string of the molecule is CC1(C)c2cc3c(cc2-c2c1ccc1ccccc21)oc1ccc(-c2cccc(-c4c5ccccc5c(-c5ccc6ccccc6c5)c5ccccc45)c2)cc13. The summed E-state index contributed by atoms with van der Waals surface area (Å²) in [5.41, 5.74) is 14.5. The van der Waals surface area contributed by atoms with Gasteiger partial charge in [0, 0.05) is 16.2 Å². The molecule has 0 radical (unpaired) electrons. The second-order valence-electron chi connectivity index (χ2n) is 16.0. The molecule has 0 saturated carbocycles. The standard InChI is InChI=1S/C55H36O/c1-55(2)48-26-24-34-13-5-6-17-40(34)54(48)47-32-51-46(31-49(47)55)45-30-37(25-27-50(45)56-51)36-15-11-16-38(29-36)52-41-18-7-9-20-43(41)53(44-21-10-8-19-42(44)52)39-23-22-33-12-3-4-14-35(33)28-39/h3-32H,1-2H3. The van der Waals surface area contributed by atoms with E-state index in [0.29, 0.717) is 0 Å². The summed E-state index contributed by atoms with van der Waals surface area (Å²) in [5, 5.41) is 12.4. The van der Waals surface area contributed by atoms with Gasteiger partial charge in [-0.3, -0.25) is 0 Å². The fourth-order valence-electron chi connectivity index (χ4n) is 9.90. The molecule has 0 bridgehead atoms. The van der Waals surface area contributed by atoms with E-state index in [1.54, 1.807) is 0 Å². The monoisotopic (exact) mass is 712 g/mol.